The van der Waals surface area contributed by atoms with Crippen LogP contribution in [0.3, 0.4) is 0 Å². The molecule has 0 spiro atoms. The molecule has 0 aliphatic rings. The molecule has 0 aliphatic heterocycles. The van der Waals surface area contributed by atoms with E-state index >= 15 is 0 Å². The van der Waals surface area contributed by atoms with Gasteiger partial charge in [-0.05, 0) is 36.4 Å². The normalized spacial score (nSPS) is 10.2. The van der Waals surface area contributed by atoms with E-state index in [4.69, 9.17) is 23.7 Å². The van der Waals surface area contributed by atoms with E-state index in [1.165, 1.54) is 21.3 Å². The molecule has 0 saturated heterocycles. The Kier molecular flexibility index (Phi) is 7.11. The SMILES string of the molecule is COCCOc1ccc(NC(=O)c2ccc(OC)c(OC)c2OC)cc1. The van der Waals surface area contributed by atoms with Crippen LogP contribution in [-0.2, 0) is 4.74 Å². The first-order valence-electron chi connectivity index (χ1n) is 7.96. The summed E-state index contributed by atoms with van der Waals surface area (Å²) in [7, 11) is 6.10. The van der Waals surface area contributed by atoms with E-state index in [-0.39, 0.29) is 5.91 Å². The number of carbonyl (C=O) groups is 1. The van der Waals surface area contributed by atoms with Gasteiger partial charge in [-0.15, -0.1) is 0 Å². The topological polar surface area (TPSA) is 75.3 Å². The standard InChI is InChI=1S/C19H23NO6/c1-22-11-12-26-14-7-5-13(6-8-14)20-19(21)15-9-10-16(23-2)18(25-4)17(15)24-3/h5-10H,11-12H2,1-4H3,(H,20,21). The van der Waals surface area contributed by atoms with Crippen molar-refractivity contribution in [1.29, 1.82) is 0 Å². The summed E-state index contributed by atoms with van der Waals surface area (Å²) >= 11 is 0. The van der Waals surface area contributed by atoms with Crippen LogP contribution in [-0.4, -0.2) is 47.6 Å². The molecule has 2 aromatic rings. The Labute approximate surface area is 152 Å². The van der Waals surface area contributed by atoms with Crippen LogP contribution in [0.4, 0.5) is 5.69 Å². The number of hydrogen-bond acceptors (Lipinski definition) is 6. The number of nitrogens with one attached hydrogen (secondary N) is 1. The van der Waals surface area contributed by atoms with Crippen molar-refractivity contribution in [2.75, 3.05) is 47.0 Å². The average molecular weight is 361 g/mol. The second-order valence-electron chi connectivity index (χ2n) is 5.20. The highest BCUT2D eigenvalue weighted by Crippen LogP contribution is 2.39. The zero-order valence-corrected chi connectivity index (χ0v) is 15.3. The maximum absolute atomic E-state index is 12.6. The predicted octanol–water partition coefficient (Wildman–Crippen LogP) is 2.99. The zero-order valence-electron chi connectivity index (χ0n) is 15.3. The lowest BCUT2D eigenvalue weighted by Gasteiger charge is -2.15. The lowest BCUT2D eigenvalue weighted by molar-refractivity contribution is 0.102. The summed E-state index contributed by atoms with van der Waals surface area (Å²) in [6, 6.07) is 10.3. The minimum absolute atomic E-state index is 0.309. The van der Waals surface area contributed by atoms with Gasteiger partial charge < -0.3 is 29.0 Å². The molecule has 1 amide bonds. The Bertz CT molecular complexity index is 730. The Morgan fingerprint density at radius 2 is 1.54 bits per heavy atom. The van der Waals surface area contributed by atoms with Crippen molar-refractivity contribution >= 4 is 11.6 Å². The molecule has 0 heterocycles. The van der Waals surface area contributed by atoms with Crippen LogP contribution < -0.4 is 24.3 Å². The van der Waals surface area contributed by atoms with Crippen LogP contribution in [0.1, 0.15) is 10.4 Å². The smallest absolute Gasteiger partial charge is 0.259 e. The first-order valence-corrected chi connectivity index (χ1v) is 7.96. The fraction of sp³-hybridized carbons (Fsp3) is 0.316. The van der Waals surface area contributed by atoms with Gasteiger partial charge in [0.05, 0.1) is 33.5 Å². The van der Waals surface area contributed by atoms with Crippen molar-refractivity contribution in [2.45, 2.75) is 0 Å². The fourth-order valence-corrected chi connectivity index (χ4v) is 2.36. The summed E-state index contributed by atoms with van der Waals surface area (Å²) in [4.78, 5) is 12.6. The van der Waals surface area contributed by atoms with Gasteiger partial charge in [0.15, 0.2) is 11.5 Å². The summed E-state index contributed by atoms with van der Waals surface area (Å²) in [5.41, 5.74) is 0.969. The van der Waals surface area contributed by atoms with Crippen molar-refractivity contribution in [2.24, 2.45) is 0 Å². The van der Waals surface area contributed by atoms with Crippen LogP contribution in [0, 0.1) is 0 Å². The van der Waals surface area contributed by atoms with E-state index in [0.717, 1.165) is 0 Å². The highest BCUT2D eigenvalue weighted by atomic mass is 16.5. The molecule has 2 aromatic carbocycles. The molecule has 1 N–H and O–H groups in total. The summed E-state index contributed by atoms with van der Waals surface area (Å²) in [5.74, 6) is 1.53. The molecular weight excluding hydrogens is 338 g/mol. The average Bonchev–Trinajstić information content (AvgIpc) is 2.68. The van der Waals surface area contributed by atoms with Crippen LogP contribution >= 0.6 is 0 Å². The van der Waals surface area contributed by atoms with Gasteiger partial charge in [0.25, 0.3) is 5.91 Å². The monoisotopic (exact) mass is 361 g/mol. The Morgan fingerprint density at radius 3 is 2.12 bits per heavy atom. The summed E-state index contributed by atoms with van der Waals surface area (Å²) in [6.45, 7) is 0.975. The highest BCUT2D eigenvalue weighted by Gasteiger charge is 2.20. The number of carbonyl (C=O) groups excluding carboxylic acids is 1. The van der Waals surface area contributed by atoms with Crippen molar-refractivity contribution in [3.8, 4) is 23.0 Å². The minimum atomic E-state index is -0.323. The van der Waals surface area contributed by atoms with Gasteiger partial charge in [0.1, 0.15) is 12.4 Å². The summed E-state index contributed by atoms with van der Waals surface area (Å²) < 4.78 is 26.3. The molecule has 140 valence electrons. The fourth-order valence-electron chi connectivity index (χ4n) is 2.36. The second-order valence-corrected chi connectivity index (χ2v) is 5.20. The van der Waals surface area contributed by atoms with Crippen molar-refractivity contribution < 1.29 is 28.5 Å². The summed E-state index contributed by atoms with van der Waals surface area (Å²) in [5, 5.41) is 2.82. The quantitative estimate of drug-likeness (QED) is 0.692. The van der Waals surface area contributed by atoms with E-state index in [9.17, 15) is 4.79 Å². The Morgan fingerprint density at radius 1 is 0.846 bits per heavy atom. The maximum atomic E-state index is 12.6. The van der Waals surface area contributed by atoms with Crippen LogP contribution in [0.15, 0.2) is 36.4 Å². The van der Waals surface area contributed by atoms with E-state index in [1.807, 2.05) is 0 Å². The van der Waals surface area contributed by atoms with Gasteiger partial charge >= 0.3 is 0 Å². The molecule has 0 fully saturated rings. The van der Waals surface area contributed by atoms with E-state index in [2.05, 4.69) is 5.32 Å². The molecular formula is C19H23NO6. The van der Waals surface area contributed by atoms with Crippen molar-refractivity contribution in [1.82, 2.24) is 0 Å². The first-order chi connectivity index (χ1) is 12.6. The van der Waals surface area contributed by atoms with E-state index in [1.54, 1.807) is 43.5 Å². The Hall–Kier alpha value is -2.93. The molecule has 0 saturated carbocycles. The van der Waals surface area contributed by atoms with Crippen LogP contribution in [0.2, 0.25) is 0 Å². The number of hydrogen-bond donors (Lipinski definition) is 1. The van der Waals surface area contributed by atoms with Gasteiger partial charge in [-0.25, -0.2) is 0 Å². The highest BCUT2D eigenvalue weighted by molar-refractivity contribution is 6.07. The van der Waals surface area contributed by atoms with Crippen LogP contribution in [0.25, 0.3) is 0 Å². The number of amides is 1. The predicted molar refractivity (Wildman–Crippen MR) is 97.9 cm³/mol. The molecule has 0 atom stereocenters. The molecule has 0 aromatic heterocycles. The molecule has 7 nitrogen and oxygen atoms in total. The van der Waals surface area contributed by atoms with Crippen molar-refractivity contribution in [3.05, 3.63) is 42.0 Å². The van der Waals surface area contributed by atoms with E-state index in [0.29, 0.717) is 47.5 Å². The number of methoxy groups -OCH3 is 4. The maximum Gasteiger partial charge on any atom is 0.259 e. The molecule has 7 heteroatoms. The first kappa shape index (κ1) is 19.4. The lowest BCUT2D eigenvalue weighted by Crippen LogP contribution is -2.14. The molecule has 2 rings (SSSR count). The van der Waals surface area contributed by atoms with Gasteiger partial charge in [-0.1, -0.05) is 0 Å². The van der Waals surface area contributed by atoms with Gasteiger partial charge in [0.2, 0.25) is 5.75 Å². The minimum Gasteiger partial charge on any atom is -0.493 e. The molecule has 0 radical (unpaired) electrons. The molecule has 0 bridgehead atoms. The largest absolute Gasteiger partial charge is 0.493 e. The number of rotatable bonds is 9. The molecule has 0 unspecified atom stereocenters. The molecule has 0 aliphatic carbocycles. The lowest BCUT2D eigenvalue weighted by atomic mass is 10.1. The van der Waals surface area contributed by atoms with E-state index < -0.39 is 0 Å². The number of benzene rings is 2. The third kappa shape index (κ3) is 4.58. The third-order valence-electron chi connectivity index (χ3n) is 3.62. The van der Waals surface area contributed by atoms with Gasteiger partial charge in [-0.3, -0.25) is 4.79 Å². The second kappa shape index (κ2) is 9.53. The van der Waals surface area contributed by atoms with Crippen molar-refractivity contribution in [3.63, 3.8) is 0 Å². The van der Waals surface area contributed by atoms with Gasteiger partial charge in [0, 0.05) is 12.8 Å². The summed E-state index contributed by atoms with van der Waals surface area (Å²) in [6.07, 6.45) is 0. The number of ether oxygens (including phenoxy) is 5. The van der Waals surface area contributed by atoms with Crippen LogP contribution in [0.5, 0.6) is 23.0 Å². The number of anilines is 1. The third-order valence-corrected chi connectivity index (χ3v) is 3.62. The molecule has 26 heavy (non-hydrogen) atoms. The Balaban J connectivity index is 2.14. The van der Waals surface area contributed by atoms with Gasteiger partial charge in [-0.2, -0.15) is 0 Å². The zero-order chi connectivity index (χ0) is 18.9.